The molecule has 1 rings (SSSR count). The van der Waals surface area contributed by atoms with E-state index in [0.717, 1.165) is 37.9 Å². The van der Waals surface area contributed by atoms with Gasteiger partial charge in [-0.15, -0.1) is 0 Å². The van der Waals surface area contributed by atoms with Crippen molar-refractivity contribution in [1.29, 1.82) is 0 Å². The van der Waals surface area contributed by atoms with Crippen LogP contribution in [0.4, 0.5) is 4.39 Å². The van der Waals surface area contributed by atoms with Crippen LogP contribution in [0, 0.1) is 11.7 Å². The molecular formula is C15H24FNO. The first kappa shape index (κ1) is 15.0. The molecule has 0 aliphatic rings. The molecule has 0 heterocycles. The lowest BCUT2D eigenvalue weighted by Crippen LogP contribution is -2.20. The topological polar surface area (TPSA) is 21.3 Å². The molecule has 0 aliphatic carbocycles. The van der Waals surface area contributed by atoms with E-state index in [0.29, 0.717) is 11.7 Å². The Balaban J connectivity index is 2.21. The van der Waals surface area contributed by atoms with Crippen molar-refractivity contribution in [3.8, 4) is 5.75 Å². The van der Waals surface area contributed by atoms with Crippen LogP contribution in [0.3, 0.4) is 0 Å². The number of hydrogen-bond donors (Lipinski definition) is 1. The lowest BCUT2D eigenvalue weighted by atomic mass is 10.1. The summed E-state index contributed by atoms with van der Waals surface area (Å²) in [6.07, 6.45) is 3.13. The standard InChI is InChI=1S/C15H24FNO/c1-12(2)11-17-9-5-4-6-13-7-8-15(18-3)14(16)10-13/h7-8,10,12,17H,4-6,9,11H2,1-3H3. The van der Waals surface area contributed by atoms with E-state index in [1.165, 1.54) is 7.11 Å². The molecule has 0 unspecified atom stereocenters. The second-order valence-electron chi connectivity index (χ2n) is 5.02. The summed E-state index contributed by atoms with van der Waals surface area (Å²) >= 11 is 0. The Morgan fingerprint density at radius 3 is 2.67 bits per heavy atom. The average Bonchev–Trinajstić information content (AvgIpc) is 2.33. The first-order valence-corrected chi connectivity index (χ1v) is 6.66. The monoisotopic (exact) mass is 253 g/mol. The Kier molecular flexibility index (Phi) is 6.73. The molecule has 3 heteroatoms. The molecule has 0 aromatic heterocycles. The van der Waals surface area contributed by atoms with Crippen LogP contribution in [0.1, 0.15) is 32.3 Å². The van der Waals surface area contributed by atoms with Crippen LogP contribution in [-0.2, 0) is 6.42 Å². The minimum absolute atomic E-state index is 0.270. The number of rotatable bonds is 8. The smallest absolute Gasteiger partial charge is 0.165 e. The van der Waals surface area contributed by atoms with E-state index in [2.05, 4.69) is 19.2 Å². The van der Waals surface area contributed by atoms with E-state index < -0.39 is 0 Å². The maximum Gasteiger partial charge on any atom is 0.165 e. The highest BCUT2D eigenvalue weighted by Crippen LogP contribution is 2.18. The molecule has 0 aliphatic heterocycles. The number of methoxy groups -OCH3 is 1. The van der Waals surface area contributed by atoms with Gasteiger partial charge in [-0.2, -0.15) is 0 Å². The second kappa shape index (κ2) is 8.09. The molecule has 1 aromatic carbocycles. The molecule has 0 spiro atoms. The molecule has 0 bridgehead atoms. The van der Waals surface area contributed by atoms with Crippen LogP contribution >= 0.6 is 0 Å². The van der Waals surface area contributed by atoms with Crippen molar-refractivity contribution < 1.29 is 9.13 Å². The van der Waals surface area contributed by atoms with Crippen LogP contribution < -0.4 is 10.1 Å². The van der Waals surface area contributed by atoms with Gasteiger partial charge in [0, 0.05) is 0 Å². The highest BCUT2D eigenvalue weighted by molar-refractivity contribution is 5.29. The number of ether oxygens (including phenoxy) is 1. The number of nitrogens with one attached hydrogen (secondary N) is 1. The number of aryl methyl sites for hydroxylation is 1. The Labute approximate surface area is 110 Å². The third-order valence-electron chi connectivity index (χ3n) is 2.84. The fourth-order valence-electron chi connectivity index (χ4n) is 1.84. The molecule has 1 aromatic rings. The summed E-state index contributed by atoms with van der Waals surface area (Å²) in [5, 5.41) is 3.41. The van der Waals surface area contributed by atoms with E-state index in [1.54, 1.807) is 12.1 Å². The third-order valence-corrected chi connectivity index (χ3v) is 2.84. The third kappa shape index (κ3) is 5.50. The molecule has 0 amide bonds. The summed E-state index contributed by atoms with van der Waals surface area (Å²) < 4.78 is 18.3. The Morgan fingerprint density at radius 1 is 1.28 bits per heavy atom. The maximum absolute atomic E-state index is 13.4. The summed E-state index contributed by atoms with van der Waals surface area (Å²) in [4.78, 5) is 0. The number of unbranched alkanes of at least 4 members (excludes halogenated alkanes) is 1. The predicted octanol–water partition coefficient (Wildman–Crippen LogP) is 3.40. The van der Waals surface area contributed by atoms with Gasteiger partial charge in [0.25, 0.3) is 0 Å². The zero-order valence-electron chi connectivity index (χ0n) is 11.6. The van der Waals surface area contributed by atoms with Crippen molar-refractivity contribution in [2.24, 2.45) is 5.92 Å². The minimum atomic E-state index is -0.270. The van der Waals surface area contributed by atoms with E-state index in [9.17, 15) is 4.39 Å². The number of halogens is 1. The van der Waals surface area contributed by atoms with Crippen LogP contribution in [0.2, 0.25) is 0 Å². The first-order chi connectivity index (χ1) is 8.63. The molecule has 2 nitrogen and oxygen atoms in total. The van der Waals surface area contributed by atoms with Gasteiger partial charge >= 0.3 is 0 Å². The summed E-state index contributed by atoms with van der Waals surface area (Å²) in [7, 11) is 1.48. The molecule has 0 saturated carbocycles. The Bertz CT molecular complexity index is 352. The van der Waals surface area contributed by atoms with Gasteiger partial charge in [0.2, 0.25) is 0 Å². The van der Waals surface area contributed by atoms with Gasteiger partial charge in [-0.3, -0.25) is 0 Å². The first-order valence-electron chi connectivity index (χ1n) is 6.66. The Hall–Kier alpha value is -1.09. The number of benzene rings is 1. The largest absolute Gasteiger partial charge is 0.494 e. The van der Waals surface area contributed by atoms with Gasteiger partial charge in [-0.05, 0) is 56.0 Å². The Morgan fingerprint density at radius 2 is 2.06 bits per heavy atom. The summed E-state index contributed by atoms with van der Waals surface area (Å²) in [5.74, 6) is 0.742. The predicted molar refractivity (Wildman–Crippen MR) is 73.6 cm³/mol. The van der Waals surface area contributed by atoms with E-state index in [4.69, 9.17) is 4.74 Å². The van der Waals surface area contributed by atoms with Gasteiger partial charge in [0.1, 0.15) is 0 Å². The van der Waals surface area contributed by atoms with Crippen LogP contribution in [0.5, 0.6) is 5.75 Å². The van der Waals surface area contributed by atoms with Crippen LogP contribution in [0.25, 0.3) is 0 Å². The van der Waals surface area contributed by atoms with Gasteiger partial charge in [0.15, 0.2) is 11.6 Å². The van der Waals surface area contributed by atoms with Crippen LogP contribution in [0.15, 0.2) is 18.2 Å². The van der Waals surface area contributed by atoms with Crippen molar-refractivity contribution in [1.82, 2.24) is 5.32 Å². The summed E-state index contributed by atoms with van der Waals surface area (Å²) in [5.41, 5.74) is 1.04. The molecular weight excluding hydrogens is 229 g/mol. The lowest BCUT2D eigenvalue weighted by Gasteiger charge is -2.08. The van der Waals surface area contributed by atoms with Crippen molar-refractivity contribution in [3.05, 3.63) is 29.6 Å². The molecule has 0 saturated heterocycles. The minimum Gasteiger partial charge on any atom is -0.494 e. The molecule has 18 heavy (non-hydrogen) atoms. The van der Waals surface area contributed by atoms with E-state index in [-0.39, 0.29) is 5.82 Å². The summed E-state index contributed by atoms with van der Waals surface area (Å²) in [6.45, 7) is 6.51. The van der Waals surface area contributed by atoms with Crippen molar-refractivity contribution >= 4 is 0 Å². The van der Waals surface area contributed by atoms with Crippen molar-refractivity contribution in [3.63, 3.8) is 0 Å². The average molecular weight is 253 g/mol. The van der Waals surface area contributed by atoms with Gasteiger partial charge in [-0.25, -0.2) is 4.39 Å². The van der Waals surface area contributed by atoms with Crippen LogP contribution in [-0.4, -0.2) is 20.2 Å². The fraction of sp³-hybridized carbons (Fsp3) is 0.600. The maximum atomic E-state index is 13.4. The normalized spacial score (nSPS) is 10.9. The van der Waals surface area contributed by atoms with Gasteiger partial charge in [-0.1, -0.05) is 19.9 Å². The van der Waals surface area contributed by atoms with Crippen molar-refractivity contribution in [2.45, 2.75) is 33.1 Å². The summed E-state index contributed by atoms with van der Waals surface area (Å²) in [6, 6.07) is 5.20. The second-order valence-corrected chi connectivity index (χ2v) is 5.02. The van der Waals surface area contributed by atoms with E-state index in [1.807, 2.05) is 6.07 Å². The van der Waals surface area contributed by atoms with E-state index >= 15 is 0 Å². The SMILES string of the molecule is COc1ccc(CCCCNCC(C)C)cc1F. The fourth-order valence-corrected chi connectivity index (χ4v) is 1.84. The molecule has 0 atom stereocenters. The van der Waals surface area contributed by atoms with Crippen molar-refractivity contribution in [2.75, 3.05) is 20.2 Å². The zero-order valence-corrected chi connectivity index (χ0v) is 11.6. The molecule has 102 valence electrons. The quantitative estimate of drug-likeness (QED) is 0.717. The highest BCUT2D eigenvalue weighted by Gasteiger charge is 2.03. The molecule has 0 fully saturated rings. The molecule has 1 N–H and O–H groups in total. The zero-order chi connectivity index (χ0) is 13.4. The highest BCUT2D eigenvalue weighted by atomic mass is 19.1. The number of hydrogen-bond acceptors (Lipinski definition) is 2. The van der Waals surface area contributed by atoms with Gasteiger partial charge in [0.05, 0.1) is 7.11 Å². The molecule has 0 radical (unpaired) electrons. The van der Waals surface area contributed by atoms with Gasteiger partial charge < -0.3 is 10.1 Å². The lowest BCUT2D eigenvalue weighted by molar-refractivity contribution is 0.386.